The van der Waals surface area contributed by atoms with Crippen molar-refractivity contribution < 1.29 is 9.26 Å². The van der Waals surface area contributed by atoms with Gasteiger partial charge in [-0.15, -0.1) is 24.0 Å². The van der Waals surface area contributed by atoms with Crippen LogP contribution in [0.3, 0.4) is 0 Å². The van der Waals surface area contributed by atoms with Gasteiger partial charge in [0, 0.05) is 45.3 Å². The van der Waals surface area contributed by atoms with Crippen molar-refractivity contribution in [2.45, 2.75) is 58.0 Å². The average Bonchev–Trinajstić information content (AvgIpc) is 3.31. The van der Waals surface area contributed by atoms with E-state index in [1.165, 1.54) is 12.8 Å². The quantitative estimate of drug-likeness (QED) is 0.297. The molecule has 0 aliphatic carbocycles. The Morgan fingerprint density at radius 3 is 2.85 bits per heavy atom. The molecule has 2 rings (SSSR count). The first kappa shape index (κ1) is 24.2. The predicted octanol–water partition coefficient (Wildman–Crippen LogP) is 2.97. The van der Waals surface area contributed by atoms with Crippen LogP contribution in [0.25, 0.3) is 0 Å². The van der Waals surface area contributed by atoms with Gasteiger partial charge >= 0.3 is 0 Å². The standard InChI is InChI=1S/C19H35N5O2.HI/c1-5-15(6-2)18-12-17(26-23-18)14-22-19(20-3)21-13-16-8-7-9-24(16)10-11-25-4;/h12,15-16H,5-11,13-14H2,1-4H3,(H2,20,21,22);1H. The van der Waals surface area contributed by atoms with Gasteiger partial charge in [0.15, 0.2) is 11.7 Å². The molecule has 0 bridgehead atoms. The number of likely N-dealkylation sites (tertiary alicyclic amines) is 1. The Morgan fingerprint density at radius 2 is 2.19 bits per heavy atom. The summed E-state index contributed by atoms with van der Waals surface area (Å²) in [4.78, 5) is 6.80. The molecule has 0 spiro atoms. The first-order valence-corrected chi connectivity index (χ1v) is 9.84. The van der Waals surface area contributed by atoms with E-state index < -0.39 is 0 Å². The maximum absolute atomic E-state index is 5.47. The Balaban J connectivity index is 0.00000364. The first-order chi connectivity index (χ1) is 12.7. The molecular weight excluding hydrogens is 457 g/mol. The van der Waals surface area contributed by atoms with E-state index in [-0.39, 0.29) is 24.0 Å². The molecule has 1 unspecified atom stereocenters. The van der Waals surface area contributed by atoms with Crippen molar-refractivity contribution in [2.24, 2.45) is 4.99 Å². The van der Waals surface area contributed by atoms with Crippen LogP contribution in [0.1, 0.15) is 56.9 Å². The zero-order chi connectivity index (χ0) is 18.8. The molecule has 156 valence electrons. The number of methoxy groups -OCH3 is 1. The third-order valence-electron chi connectivity index (χ3n) is 5.22. The number of halogens is 1. The lowest BCUT2D eigenvalue weighted by atomic mass is 9.99. The van der Waals surface area contributed by atoms with Crippen LogP contribution in [0.2, 0.25) is 0 Å². The van der Waals surface area contributed by atoms with E-state index in [9.17, 15) is 0 Å². The Hall–Kier alpha value is -0.870. The highest BCUT2D eigenvalue weighted by Gasteiger charge is 2.24. The van der Waals surface area contributed by atoms with E-state index in [1.54, 1.807) is 14.2 Å². The van der Waals surface area contributed by atoms with Gasteiger partial charge in [0.1, 0.15) is 0 Å². The van der Waals surface area contributed by atoms with Crippen molar-refractivity contribution in [1.82, 2.24) is 20.7 Å². The van der Waals surface area contributed by atoms with Crippen LogP contribution in [-0.4, -0.2) is 62.5 Å². The molecule has 0 aromatic carbocycles. The monoisotopic (exact) mass is 493 g/mol. The summed E-state index contributed by atoms with van der Waals surface area (Å²) in [5.41, 5.74) is 1.05. The molecule has 0 amide bonds. The van der Waals surface area contributed by atoms with E-state index in [4.69, 9.17) is 9.26 Å². The summed E-state index contributed by atoms with van der Waals surface area (Å²) in [5, 5.41) is 11.0. The Kier molecular flexibility index (Phi) is 11.9. The summed E-state index contributed by atoms with van der Waals surface area (Å²) in [7, 11) is 3.55. The second-order valence-electron chi connectivity index (χ2n) is 6.86. The van der Waals surface area contributed by atoms with Gasteiger partial charge in [-0.1, -0.05) is 19.0 Å². The van der Waals surface area contributed by atoms with E-state index in [0.29, 0.717) is 18.5 Å². The highest BCUT2D eigenvalue weighted by atomic mass is 127. The smallest absolute Gasteiger partial charge is 0.191 e. The van der Waals surface area contributed by atoms with Gasteiger partial charge in [0.25, 0.3) is 0 Å². The SMILES string of the molecule is CCC(CC)c1cc(CNC(=NC)NCC2CCCN2CCOC)on1.I. The van der Waals surface area contributed by atoms with Crippen LogP contribution in [0, 0.1) is 0 Å². The van der Waals surface area contributed by atoms with Crippen LogP contribution in [0.15, 0.2) is 15.6 Å². The largest absolute Gasteiger partial charge is 0.383 e. The van der Waals surface area contributed by atoms with Crippen LogP contribution in [0.4, 0.5) is 0 Å². The molecule has 1 aromatic rings. The highest BCUT2D eigenvalue weighted by molar-refractivity contribution is 14.0. The summed E-state index contributed by atoms with van der Waals surface area (Å²) in [5.74, 6) is 2.12. The third kappa shape index (κ3) is 7.57. The maximum Gasteiger partial charge on any atom is 0.191 e. The number of aliphatic imine (C=N–C) groups is 1. The number of hydrogen-bond acceptors (Lipinski definition) is 5. The van der Waals surface area contributed by atoms with Crippen LogP contribution < -0.4 is 10.6 Å². The number of rotatable bonds is 10. The van der Waals surface area contributed by atoms with Crippen LogP contribution in [0.5, 0.6) is 0 Å². The topological polar surface area (TPSA) is 74.9 Å². The number of ether oxygens (including phenoxy) is 1. The van der Waals surface area contributed by atoms with Crippen molar-refractivity contribution in [3.63, 3.8) is 0 Å². The summed E-state index contributed by atoms with van der Waals surface area (Å²) in [6.45, 7) is 8.78. The van der Waals surface area contributed by atoms with Crippen molar-refractivity contribution >= 4 is 29.9 Å². The van der Waals surface area contributed by atoms with Crippen molar-refractivity contribution in [2.75, 3.05) is 40.4 Å². The fourth-order valence-corrected chi connectivity index (χ4v) is 3.55. The van der Waals surface area contributed by atoms with Crippen molar-refractivity contribution in [3.8, 4) is 0 Å². The van der Waals surface area contributed by atoms with Crippen molar-refractivity contribution in [3.05, 3.63) is 17.5 Å². The number of aromatic nitrogens is 1. The van der Waals surface area contributed by atoms with Gasteiger partial charge in [-0.3, -0.25) is 9.89 Å². The molecule has 1 atom stereocenters. The van der Waals surface area contributed by atoms with Crippen molar-refractivity contribution in [1.29, 1.82) is 0 Å². The van der Waals surface area contributed by atoms with E-state index >= 15 is 0 Å². The zero-order valence-electron chi connectivity index (χ0n) is 17.2. The second kappa shape index (κ2) is 13.3. The van der Waals surface area contributed by atoms with Gasteiger partial charge in [-0.05, 0) is 32.2 Å². The summed E-state index contributed by atoms with van der Waals surface area (Å²) < 4.78 is 10.7. The molecule has 2 N–H and O–H groups in total. The molecule has 1 fully saturated rings. The first-order valence-electron chi connectivity index (χ1n) is 9.84. The lowest BCUT2D eigenvalue weighted by molar-refractivity contribution is 0.141. The van der Waals surface area contributed by atoms with Gasteiger partial charge in [-0.2, -0.15) is 0 Å². The normalized spacial score (nSPS) is 18.0. The molecule has 1 aromatic heterocycles. The number of nitrogens with zero attached hydrogens (tertiary/aromatic N) is 3. The lowest BCUT2D eigenvalue weighted by Crippen LogP contribution is -2.45. The van der Waals surface area contributed by atoms with Gasteiger partial charge in [0.2, 0.25) is 0 Å². The van der Waals surface area contributed by atoms with Crippen LogP contribution in [-0.2, 0) is 11.3 Å². The molecule has 1 aliphatic rings. The summed E-state index contributed by atoms with van der Waals surface area (Å²) >= 11 is 0. The van der Waals surface area contributed by atoms with Gasteiger partial charge in [-0.25, -0.2) is 0 Å². The number of nitrogens with one attached hydrogen (secondary N) is 2. The number of guanidine groups is 1. The summed E-state index contributed by atoms with van der Waals surface area (Å²) in [6.07, 6.45) is 4.63. The molecular formula is C19H36IN5O2. The molecule has 0 radical (unpaired) electrons. The van der Waals surface area contributed by atoms with Gasteiger partial charge < -0.3 is 19.9 Å². The molecule has 1 saturated heterocycles. The Labute approximate surface area is 180 Å². The third-order valence-corrected chi connectivity index (χ3v) is 5.22. The minimum Gasteiger partial charge on any atom is -0.383 e. The van der Waals surface area contributed by atoms with Crippen LogP contribution >= 0.6 is 24.0 Å². The average molecular weight is 493 g/mol. The minimum absolute atomic E-state index is 0. The lowest BCUT2D eigenvalue weighted by Gasteiger charge is -2.25. The predicted molar refractivity (Wildman–Crippen MR) is 120 cm³/mol. The fourth-order valence-electron chi connectivity index (χ4n) is 3.55. The molecule has 8 heteroatoms. The van der Waals surface area contributed by atoms with E-state index in [2.05, 4.69) is 45.6 Å². The Morgan fingerprint density at radius 1 is 1.41 bits per heavy atom. The zero-order valence-corrected chi connectivity index (χ0v) is 19.5. The number of hydrogen-bond donors (Lipinski definition) is 2. The molecule has 7 nitrogen and oxygen atoms in total. The molecule has 2 heterocycles. The highest BCUT2D eigenvalue weighted by Crippen LogP contribution is 2.22. The minimum atomic E-state index is 0. The molecule has 1 aliphatic heterocycles. The van der Waals surface area contributed by atoms with Gasteiger partial charge in [0.05, 0.1) is 18.8 Å². The summed E-state index contributed by atoms with van der Waals surface area (Å²) in [6, 6.07) is 2.59. The van der Waals surface area contributed by atoms with E-state index in [0.717, 1.165) is 56.5 Å². The second-order valence-corrected chi connectivity index (χ2v) is 6.86. The maximum atomic E-state index is 5.47. The Bertz CT molecular complexity index is 548. The molecule has 0 saturated carbocycles. The van der Waals surface area contributed by atoms with E-state index in [1.807, 2.05) is 0 Å². The molecule has 27 heavy (non-hydrogen) atoms. The fraction of sp³-hybridized carbons (Fsp3) is 0.789.